The average Bonchev–Trinajstić information content (AvgIpc) is 2.52. The van der Waals surface area contributed by atoms with Crippen LogP contribution in [0.3, 0.4) is 0 Å². The van der Waals surface area contributed by atoms with E-state index in [4.69, 9.17) is 0 Å². The normalized spacial score (nSPS) is 10.8. The molecule has 0 bridgehead atoms. The lowest BCUT2D eigenvalue weighted by atomic mass is 10.2. The van der Waals surface area contributed by atoms with Crippen LogP contribution in [0.5, 0.6) is 0 Å². The number of hydrogen-bond donors (Lipinski definition) is 0. The maximum atomic E-state index is 12.6. The molecule has 0 fully saturated rings. The second-order valence-electron chi connectivity index (χ2n) is 4.99. The van der Waals surface area contributed by atoms with Gasteiger partial charge < -0.3 is 0 Å². The van der Waals surface area contributed by atoms with Crippen LogP contribution in [0.15, 0.2) is 53.3 Å². The predicted octanol–water partition coefficient (Wildman–Crippen LogP) is 2.66. The lowest BCUT2D eigenvalue weighted by Gasteiger charge is -2.10. The molecule has 1 aromatic heterocycles. The van der Waals surface area contributed by atoms with E-state index in [0.29, 0.717) is 17.9 Å². The molecule has 0 aliphatic carbocycles. The minimum absolute atomic E-state index is 0.110. The summed E-state index contributed by atoms with van der Waals surface area (Å²) >= 11 is 0. The van der Waals surface area contributed by atoms with Crippen LogP contribution in [0.25, 0.3) is 10.9 Å². The standard InChI is InChI=1S/C16H13N3O3/c1-11-17-15-8-7-13(19(21)22)9-14(15)16(20)18(11)10-12-5-3-2-4-6-12/h2-9H,10H2,1H3. The molecule has 0 amide bonds. The SMILES string of the molecule is Cc1nc2ccc([N+](=O)[O-])cc2c(=O)n1Cc1ccccc1. The molecule has 22 heavy (non-hydrogen) atoms. The zero-order valence-corrected chi connectivity index (χ0v) is 11.9. The molecule has 3 rings (SSSR count). The van der Waals surface area contributed by atoms with E-state index in [1.165, 1.54) is 22.8 Å². The van der Waals surface area contributed by atoms with Gasteiger partial charge >= 0.3 is 0 Å². The second-order valence-corrected chi connectivity index (χ2v) is 4.99. The highest BCUT2D eigenvalue weighted by molar-refractivity contribution is 5.80. The molecule has 6 nitrogen and oxygen atoms in total. The Balaban J connectivity index is 2.18. The van der Waals surface area contributed by atoms with E-state index in [9.17, 15) is 14.9 Å². The summed E-state index contributed by atoms with van der Waals surface area (Å²) in [5.74, 6) is 0.579. The van der Waals surface area contributed by atoms with Crippen molar-refractivity contribution in [3.05, 3.63) is 80.4 Å². The molecule has 0 saturated heterocycles. The fourth-order valence-electron chi connectivity index (χ4n) is 2.39. The van der Waals surface area contributed by atoms with Crippen molar-refractivity contribution in [2.75, 3.05) is 0 Å². The van der Waals surface area contributed by atoms with Gasteiger partial charge in [-0.05, 0) is 18.6 Å². The van der Waals surface area contributed by atoms with Crippen LogP contribution in [-0.2, 0) is 6.54 Å². The molecular weight excluding hydrogens is 282 g/mol. The molecule has 3 aromatic rings. The van der Waals surface area contributed by atoms with E-state index in [0.717, 1.165) is 5.56 Å². The summed E-state index contributed by atoms with van der Waals surface area (Å²) in [6.07, 6.45) is 0. The van der Waals surface area contributed by atoms with Gasteiger partial charge in [0.1, 0.15) is 5.82 Å². The van der Waals surface area contributed by atoms with Gasteiger partial charge in [0.05, 0.1) is 22.4 Å². The second kappa shape index (κ2) is 5.40. The number of hydrogen-bond acceptors (Lipinski definition) is 4. The van der Waals surface area contributed by atoms with Crippen LogP contribution in [0, 0.1) is 17.0 Å². The van der Waals surface area contributed by atoms with Crippen LogP contribution in [0.1, 0.15) is 11.4 Å². The first kappa shape index (κ1) is 13.9. The smallest absolute Gasteiger partial charge is 0.270 e. The monoisotopic (exact) mass is 295 g/mol. The Morgan fingerprint density at radius 2 is 1.91 bits per heavy atom. The Labute approximate surface area is 125 Å². The predicted molar refractivity (Wildman–Crippen MR) is 82.9 cm³/mol. The summed E-state index contributed by atoms with van der Waals surface area (Å²) < 4.78 is 1.53. The average molecular weight is 295 g/mol. The molecule has 0 N–H and O–H groups in total. The largest absolute Gasteiger partial charge is 0.292 e. The topological polar surface area (TPSA) is 78.0 Å². The van der Waals surface area contributed by atoms with Gasteiger partial charge in [-0.25, -0.2) is 4.98 Å². The first-order chi connectivity index (χ1) is 10.6. The Morgan fingerprint density at radius 1 is 1.18 bits per heavy atom. The number of benzene rings is 2. The molecule has 6 heteroatoms. The van der Waals surface area contributed by atoms with Gasteiger partial charge in [-0.15, -0.1) is 0 Å². The van der Waals surface area contributed by atoms with Crippen molar-refractivity contribution in [2.45, 2.75) is 13.5 Å². The fraction of sp³-hybridized carbons (Fsp3) is 0.125. The maximum Gasteiger partial charge on any atom is 0.270 e. The number of non-ortho nitro benzene ring substituents is 1. The first-order valence-electron chi connectivity index (χ1n) is 6.76. The number of nitro benzene ring substituents is 1. The minimum Gasteiger partial charge on any atom is -0.292 e. The van der Waals surface area contributed by atoms with Gasteiger partial charge in [-0.2, -0.15) is 0 Å². The molecular formula is C16H13N3O3. The highest BCUT2D eigenvalue weighted by atomic mass is 16.6. The van der Waals surface area contributed by atoms with Crippen LogP contribution in [0.4, 0.5) is 5.69 Å². The lowest BCUT2D eigenvalue weighted by Crippen LogP contribution is -2.24. The molecule has 2 aromatic carbocycles. The number of nitro groups is 1. The van der Waals surface area contributed by atoms with E-state index >= 15 is 0 Å². The van der Waals surface area contributed by atoms with E-state index in [-0.39, 0.29) is 16.6 Å². The third-order valence-corrected chi connectivity index (χ3v) is 3.52. The van der Waals surface area contributed by atoms with Crippen molar-refractivity contribution in [3.63, 3.8) is 0 Å². The van der Waals surface area contributed by atoms with E-state index in [1.54, 1.807) is 6.92 Å². The van der Waals surface area contributed by atoms with Gasteiger partial charge in [0, 0.05) is 12.1 Å². The van der Waals surface area contributed by atoms with Gasteiger partial charge in [-0.1, -0.05) is 30.3 Å². The van der Waals surface area contributed by atoms with E-state index in [1.807, 2.05) is 30.3 Å². The summed E-state index contributed by atoms with van der Waals surface area (Å²) in [7, 11) is 0. The summed E-state index contributed by atoms with van der Waals surface area (Å²) in [6.45, 7) is 2.14. The van der Waals surface area contributed by atoms with Crippen molar-refractivity contribution in [1.82, 2.24) is 9.55 Å². The van der Waals surface area contributed by atoms with Crippen molar-refractivity contribution < 1.29 is 4.92 Å². The lowest BCUT2D eigenvalue weighted by molar-refractivity contribution is -0.384. The number of aryl methyl sites for hydroxylation is 1. The van der Waals surface area contributed by atoms with Gasteiger partial charge in [-0.3, -0.25) is 19.5 Å². The van der Waals surface area contributed by atoms with Gasteiger partial charge in [0.2, 0.25) is 0 Å². The van der Waals surface area contributed by atoms with Crippen molar-refractivity contribution in [1.29, 1.82) is 0 Å². The highest BCUT2D eigenvalue weighted by Gasteiger charge is 2.13. The summed E-state index contributed by atoms with van der Waals surface area (Å²) in [5.41, 5.74) is 1.06. The molecule has 0 aliphatic heterocycles. The number of nitrogens with zero attached hydrogens (tertiary/aromatic N) is 3. The Hall–Kier alpha value is -3.02. The zero-order valence-electron chi connectivity index (χ0n) is 11.9. The molecule has 0 atom stereocenters. The molecule has 0 saturated carbocycles. The van der Waals surface area contributed by atoms with E-state index < -0.39 is 4.92 Å². The molecule has 110 valence electrons. The number of aromatic nitrogens is 2. The highest BCUT2D eigenvalue weighted by Crippen LogP contribution is 2.17. The van der Waals surface area contributed by atoms with Crippen LogP contribution in [0.2, 0.25) is 0 Å². The maximum absolute atomic E-state index is 12.6. The van der Waals surface area contributed by atoms with Gasteiger partial charge in [0.15, 0.2) is 0 Å². The Kier molecular flexibility index (Phi) is 3.42. The van der Waals surface area contributed by atoms with Crippen LogP contribution >= 0.6 is 0 Å². The van der Waals surface area contributed by atoms with Crippen LogP contribution in [-0.4, -0.2) is 14.5 Å². The van der Waals surface area contributed by atoms with Crippen molar-refractivity contribution >= 4 is 16.6 Å². The third-order valence-electron chi connectivity index (χ3n) is 3.52. The minimum atomic E-state index is -0.514. The van der Waals surface area contributed by atoms with Crippen LogP contribution < -0.4 is 5.56 Å². The zero-order chi connectivity index (χ0) is 15.7. The van der Waals surface area contributed by atoms with Crippen molar-refractivity contribution in [2.24, 2.45) is 0 Å². The molecule has 0 radical (unpaired) electrons. The fourth-order valence-corrected chi connectivity index (χ4v) is 2.39. The Morgan fingerprint density at radius 3 is 2.59 bits per heavy atom. The molecule has 1 heterocycles. The van der Waals surface area contributed by atoms with E-state index in [2.05, 4.69) is 4.98 Å². The van der Waals surface area contributed by atoms with Crippen molar-refractivity contribution in [3.8, 4) is 0 Å². The molecule has 0 aliphatic rings. The summed E-state index contributed by atoms with van der Waals surface area (Å²) in [4.78, 5) is 27.4. The molecule has 0 spiro atoms. The summed E-state index contributed by atoms with van der Waals surface area (Å²) in [5, 5.41) is 11.1. The first-order valence-corrected chi connectivity index (χ1v) is 6.76. The third kappa shape index (κ3) is 2.46. The summed E-state index contributed by atoms with van der Waals surface area (Å²) in [6, 6.07) is 13.7. The van der Waals surface area contributed by atoms with Gasteiger partial charge in [0.25, 0.3) is 11.2 Å². The number of rotatable bonds is 3. The quantitative estimate of drug-likeness (QED) is 0.549. The Bertz CT molecular complexity index is 917. The molecule has 0 unspecified atom stereocenters. The number of fused-ring (bicyclic) bond motifs is 1.